The van der Waals surface area contributed by atoms with Crippen molar-refractivity contribution in [2.75, 3.05) is 0 Å². The third-order valence-corrected chi connectivity index (χ3v) is 6.64. The Morgan fingerprint density at radius 1 is 1.12 bits per heavy atom. The molecule has 0 radical (unpaired) electrons. The Labute approximate surface area is 190 Å². The van der Waals surface area contributed by atoms with Crippen LogP contribution in [0.15, 0.2) is 53.6 Å². The van der Waals surface area contributed by atoms with Crippen molar-refractivity contribution in [1.29, 1.82) is 0 Å². The first-order valence-electron chi connectivity index (χ1n) is 11.3. The van der Waals surface area contributed by atoms with Crippen LogP contribution in [0.2, 0.25) is 0 Å². The summed E-state index contributed by atoms with van der Waals surface area (Å²) in [4.78, 5) is 25.0. The van der Waals surface area contributed by atoms with Gasteiger partial charge in [0, 0.05) is 29.1 Å². The van der Waals surface area contributed by atoms with Crippen molar-refractivity contribution in [3.8, 4) is 0 Å². The smallest absolute Gasteiger partial charge is 0.272 e. The van der Waals surface area contributed by atoms with E-state index in [0.29, 0.717) is 16.5 Å². The van der Waals surface area contributed by atoms with Gasteiger partial charge in [-0.05, 0) is 51.7 Å². The number of rotatable bonds is 4. The molecule has 1 saturated carbocycles. The van der Waals surface area contributed by atoms with E-state index in [0.717, 1.165) is 42.3 Å². The molecule has 3 aromatic heterocycles. The average molecular weight is 446 g/mol. The molecule has 0 bridgehead atoms. The van der Waals surface area contributed by atoms with Crippen LogP contribution < -0.4 is 10.9 Å². The first kappa shape index (κ1) is 21.3. The van der Waals surface area contributed by atoms with Gasteiger partial charge in [0.2, 0.25) is 0 Å². The van der Waals surface area contributed by atoms with E-state index in [-0.39, 0.29) is 23.4 Å². The zero-order valence-corrected chi connectivity index (χ0v) is 18.7. The van der Waals surface area contributed by atoms with Crippen LogP contribution in [0.3, 0.4) is 0 Å². The van der Waals surface area contributed by atoms with Crippen LogP contribution in [0.5, 0.6) is 0 Å². The summed E-state index contributed by atoms with van der Waals surface area (Å²) in [7, 11) is 0. The molecule has 0 aliphatic heterocycles. The highest BCUT2D eigenvalue weighted by molar-refractivity contribution is 6.00. The second kappa shape index (κ2) is 8.12. The zero-order valence-electron chi connectivity index (χ0n) is 18.7. The van der Waals surface area contributed by atoms with Crippen molar-refractivity contribution in [3.05, 3.63) is 76.0 Å². The molecule has 8 nitrogen and oxygen atoms in total. The lowest BCUT2D eigenvalue weighted by molar-refractivity contribution is 0.0780. The molecule has 4 aromatic rings. The second-order valence-corrected chi connectivity index (χ2v) is 9.37. The predicted molar refractivity (Wildman–Crippen MR) is 125 cm³/mol. The minimum absolute atomic E-state index is 0.0772. The number of amides is 1. The summed E-state index contributed by atoms with van der Waals surface area (Å²) in [5.41, 5.74) is 1.74. The Kier molecular flexibility index (Phi) is 5.25. The third kappa shape index (κ3) is 4.02. The molecule has 1 amide bonds. The number of carbonyl (C=O) groups excluding carboxylic acids is 1. The van der Waals surface area contributed by atoms with Gasteiger partial charge in [-0.3, -0.25) is 9.59 Å². The summed E-state index contributed by atoms with van der Waals surface area (Å²) >= 11 is 0. The van der Waals surface area contributed by atoms with E-state index >= 15 is 0 Å². The van der Waals surface area contributed by atoms with E-state index in [1.807, 2.05) is 36.4 Å². The largest absolute Gasteiger partial charge is 0.386 e. The monoisotopic (exact) mass is 445 g/mol. The van der Waals surface area contributed by atoms with Crippen LogP contribution >= 0.6 is 0 Å². The van der Waals surface area contributed by atoms with Crippen molar-refractivity contribution < 1.29 is 9.90 Å². The molecular weight excluding hydrogens is 418 g/mol. The van der Waals surface area contributed by atoms with E-state index in [4.69, 9.17) is 0 Å². The first-order valence-corrected chi connectivity index (χ1v) is 11.3. The topological polar surface area (TPSA) is 112 Å². The predicted octanol–water partition coefficient (Wildman–Crippen LogP) is 3.25. The number of carbonyl (C=O) groups is 1. The SMILES string of the molecule is CC(C)(O)c1ccc2c(C(=O)N[C@H]3CC[C@H](c4n[nH]c(=O)c5ccccc54)CC3)cnn2c1. The van der Waals surface area contributed by atoms with E-state index in [2.05, 4.69) is 20.6 Å². The maximum atomic E-state index is 13.0. The molecule has 170 valence electrons. The van der Waals surface area contributed by atoms with Crippen LogP contribution in [0.25, 0.3) is 16.3 Å². The fourth-order valence-corrected chi connectivity index (χ4v) is 4.74. The number of hydrogen-bond donors (Lipinski definition) is 3. The van der Waals surface area contributed by atoms with Crippen LogP contribution in [0.4, 0.5) is 0 Å². The number of hydrogen-bond acceptors (Lipinski definition) is 5. The molecular formula is C25H27N5O3. The fourth-order valence-electron chi connectivity index (χ4n) is 4.74. The number of nitrogens with one attached hydrogen (secondary N) is 2. The third-order valence-electron chi connectivity index (χ3n) is 6.64. The Bertz CT molecular complexity index is 1390. The molecule has 1 aliphatic carbocycles. The molecule has 0 atom stereocenters. The molecule has 0 unspecified atom stereocenters. The highest BCUT2D eigenvalue weighted by atomic mass is 16.3. The van der Waals surface area contributed by atoms with Gasteiger partial charge < -0.3 is 10.4 Å². The van der Waals surface area contributed by atoms with Gasteiger partial charge in [0.05, 0.1) is 34.0 Å². The van der Waals surface area contributed by atoms with Gasteiger partial charge in [-0.2, -0.15) is 10.2 Å². The molecule has 33 heavy (non-hydrogen) atoms. The minimum atomic E-state index is -0.979. The van der Waals surface area contributed by atoms with Crippen LogP contribution in [0.1, 0.15) is 67.1 Å². The Morgan fingerprint density at radius 3 is 2.58 bits per heavy atom. The summed E-state index contributed by atoms with van der Waals surface area (Å²) in [6.07, 6.45) is 6.77. The lowest BCUT2D eigenvalue weighted by atomic mass is 9.82. The van der Waals surface area contributed by atoms with Crippen LogP contribution in [0, 0.1) is 0 Å². The molecule has 1 aliphatic rings. The lowest BCUT2D eigenvalue weighted by Crippen LogP contribution is -2.37. The molecule has 0 saturated heterocycles. The van der Waals surface area contributed by atoms with Gasteiger partial charge in [0.25, 0.3) is 11.5 Å². The number of aromatic amines is 1. The molecule has 5 rings (SSSR count). The van der Waals surface area contributed by atoms with E-state index < -0.39 is 5.60 Å². The number of benzene rings is 1. The molecule has 1 fully saturated rings. The highest BCUT2D eigenvalue weighted by Crippen LogP contribution is 2.34. The Balaban J connectivity index is 1.28. The van der Waals surface area contributed by atoms with Crippen LogP contribution in [-0.2, 0) is 5.60 Å². The number of aliphatic hydroxyl groups is 1. The summed E-state index contributed by atoms with van der Waals surface area (Å²) in [5.74, 6) is 0.106. The lowest BCUT2D eigenvalue weighted by Gasteiger charge is -2.29. The summed E-state index contributed by atoms with van der Waals surface area (Å²) in [5, 5.41) is 26.2. The molecule has 3 heterocycles. The summed E-state index contributed by atoms with van der Waals surface area (Å²) in [6, 6.07) is 11.3. The van der Waals surface area contributed by atoms with Crippen molar-refractivity contribution in [3.63, 3.8) is 0 Å². The van der Waals surface area contributed by atoms with Crippen LogP contribution in [-0.4, -0.2) is 36.9 Å². The van der Waals surface area contributed by atoms with Gasteiger partial charge in [-0.1, -0.05) is 24.3 Å². The number of pyridine rings is 1. The average Bonchev–Trinajstić information content (AvgIpc) is 3.23. The minimum Gasteiger partial charge on any atom is -0.386 e. The maximum Gasteiger partial charge on any atom is 0.272 e. The quantitative estimate of drug-likeness (QED) is 0.446. The van der Waals surface area contributed by atoms with Crippen molar-refractivity contribution in [1.82, 2.24) is 25.1 Å². The molecule has 8 heteroatoms. The number of nitrogens with zero attached hydrogens (tertiary/aromatic N) is 3. The van der Waals surface area contributed by atoms with Gasteiger partial charge >= 0.3 is 0 Å². The maximum absolute atomic E-state index is 13.0. The fraction of sp³-hybridized carbons (Fsp3) is 0.360. The second-order valence-electron chi connectivity index (χ2n) is 9.37. The highest BCUT2D eigenvalue weighted by Gasteiger charge is 2.27. The Hall–Kier alpha value is -3.52. The summed E-state index contributed by atoms with van der Waals surface area (Å²) in [6.45, 7) is 3.43. The molecule has 3 N–H and O–H groups in total. The van der Waals surface area contributed by atoms with Gasteiger partial charge in [-0.25, -0.2) is 9.61 Å². The van der Waals surface area contributed by atoms with Gasteiger partial charge in [-0.15, -0.1) is 0 Å². The molecule has 0 spiro atoms. The normalized spacial score (nSPS) is 19.1. The number of aromatic nitrogens is 4. The van der Waals surface area contributed by atoms with Gasteiger partial charge in [0.1, 0.15) is 0 Å². The van der Waals surface area contributed by atoms with Crippen molar-refractivity contribution in [2.45, 2.75) is 57.1 Å². The first-order chi connectivity index (χ1) is 15.8. The van der Waals surface area contributed by atoms with E-state index in [1.165, 1.54) is 0 Å². The van der Waals surface area contributed by atoms with Crippen molar-refractivity contribution >= 4 is 22.2 Å². The zero-order chi connectivity index (χ0) is 23.2. The van der Waals surface area contributed by atoms with Gasteiger partial charge in [0.15, 0.2) is 0 Å². The standard InChI is InChI=1S/C25H27N5O3/c1-25(2,33)16-9-12-21-20(13-26-30(21)14-16)23(31)27-17-10-7-15(8-11-17)22-18-5-3-4-6-19(18)24(32)29-28-22/h3-6,9,12-15,17,33H,7-8,10-11H2,1-2H3,(H,27,31)(H,29,32)/t15-,17-. The Morgan fingerprint density at radius 2 is 1.85 bits per heavy atom. The number of H-pyrrole nitrogens is 1. The summed E-state index contributed by atoms with van der Waals surface area (Å²) < 4.78 is 1.63. The molecule has 1 aromatic carbocycles. The van der Waals surface area contributed by atoms with Crippen molar-refractivity contribution in [2.24, 2.45) is 0 Å². The number of fused-ring (bicyclic) bond motifs is 2. The van der Waals surface area contributed by atoms with E-state index in [1.54, 1.807) is 30.8 Å². The van der Waals surface area contributed by atoms with E-state index in [9.17, 15) is 14.7 Å².